The van der Waals surface area contributed by atoms with Crippen molar-refractivity contribution in [3.63, 3.8) is 0 Å². The highest BCUT2D eigenvalue weighted by atomic mass is 16.5. The van der Waals surface area contributed by atoms with Crippen LogP contribution < -0.4 is 10.2 Å². The number of nitrogens with one attached hydrogen (secondary N) is 1. The van der Waals surface area contributed by atoms with Gasteiger partial charge < -0.3 is 19.1 Å². The van der Waals surface area contributed by atoms with Crippen LogP contribution in [0.3, 0.4) is 0 Å². The molecule has 3 heterocycles. The summed E-state index contributed by atoms with van der Waals surface area (Å²) in [4.78, 5) is 34.6. The summed E-state index contributed by atoms with van der Waals surface area (Å²) in [6, 6.07) is 10.1. The number of carbonyl (C=O) groups excluding carboxylic acids is 2. The van der Waals surface area contributed by atoms with Crippen LogP contribution in [0.25, 0.3) is 11.4 Å². The highest BCUT2D eigenvalue weighted by molar-refractivity contribution is 6.00. The Hall–Kier alpha value is -3.39. The third-order valence-electron chi connectivity index (χ3n) is 8.16. The Morgan fingerprint density at radius 1 is 1.19 bits per heavy atom. The first-order valence-electron chi connectivity index (χ1n) is 13.0. The first kappa shape index (κ1) is 23.0. The van der Waals surface area contributed by atoms with Crippen molar-refractivity contribution in [3.8, 4) is 11.4 Å². The fourth-order valence-corrected chi connectivity index (χ4v) is 6.32. The van der Waals surface area contributed by atoms with E-state index in [9.17, 15) is 9.59 Å². The van der Waals surface area contributed by atoms with Crippen LogP contribution in [-0.2, 0) is 16.1 Å². The molecule has 1 N–H and O–H groups in total. The highest BCUT2D eigenvalue weighted by Gasteiger charge is 2.52. The van der Waals surface area contributed by atoms with Gasteiger partial charge in [-0.1, -0.05) is 56.2 Å². The van der Waals surface area contributed by atoms with Crippen LogP contribution in [0.15, 0.2) is 53.8 Å². The maximum Gasteiger partial charge on any atom is 0.307 e. The predicted octanol–water partition coefficient (Wildman–Crippen LogP) is 4.05. The Morgan fingerprint density at radius 2 is 1.94 bits per heavy atom. The number of fused-ring (bicyclic) bond motifs is 3. The Balaban J connectivity index is 1.45. The molecule has 1 spiro atoms. The Bertz CT molecular complexity index is 1270. The summed E-state index contributed by atoms with van der Waals surface area (Å²) < 4.78 is 7.64. The van der Waals surface area contributed by atoms with Crippen molar-refractivity contribution in [2.75, 3.05) is 18.0 Å². The van der Waals surface area contributed by atoms with Gasteiger partial charge in [0, 0.05) is 43.6 Å². The van der Waals surface area contributed by atoms with Crippen LogP contribution >= 0.6 is 0 Å². The number of hydrogen-bond donors (Lipinski definition) is 1. The van der Waals surface area contributed by atoms with Gasteiger partial charge >= 0.3 is 5.97 Å². The van der Waals surface area contributed by atoms with Crippen molar-refractivity contribution in [2.24, 2.45) is 5.92 Å². The zero-order valence-corrected chi connectivity index (χ0v) is 21.2. The molecule has 2 aliphatic carbocycles. The van der Waals surface area contributed by atoms with Gasteiger partial charge in [-0.05, 0) is 31.4 Å². The van der Waals surface area contributed by atoms with Gasteiger partial charge in [0.05, 0.1) is 0 Å². The minimum Gasteiger partial charge on any atom is -0.431 e. The maximum absolute atomic E-state index is 13.8. The van der Waals surface area contributed by atoms with Crippen molar-refractivity contribution in [3.05, 3.63) is 59.5 Å². The predicted molar refractivity (Wildman–Crippen MR) is 137 cm³/mol. The first-order chi connectivity index (χ1) is 17.4. The topological polar surface area (TPSA) is 79.7 Å². The van der Waals surface area contributed by atoms with Gasteiger partial charge in [-0.3, -0.25) is 14.9 Å². The minimum absolute atomic E-state index is 0.0283. The molecule has 188 valence electrons. The van der Waals surface area contributed by atoms with E-state index in [2.05, 4.69) is 21.7 Å². The standard InChI is InChI=1S/C28H33N5O3/c1-4-31-26(35)23-25(33-17-28(30-27(31)33)14-8-9-15-28)32(24(29-23)20-10-6-5-7-11-20)16-21-12-13-22(18(21)2)36-19(3)34/h5-7,10-13,18,27,30H,4,8-9,14-17H2,1-3H3/t18-,27?/m0/s1. The molecule has 4 aliphatic rings. The summed E-state index contributed by atoms with van der Waals surface area (Å²) in [5.41, 5.74) is 2.64. The maximum atomic E-state index is 13.8. The molecule has 2 aromatic rings. The monoisotopic (exact) mass is 487 g/mol. The van der Waals surface area contributed by atoms with Crippen molar-refractivity contribution < 1.29 is 14.3 Å². The molecule has 0 bridgehead atoms. The van der Waals surface area contributed by atoms with E-state index in [1.807, 2.05) is 54.3 Å². The molecule has 1 amide bonds. The second-order valence-electron chi connectivity index (χ2n) is 10.4. The van der Waals surface area contributed by atoms with Crippen LogP contribution in [0.1, 0.15) is 56.9 Å². The number of allylic oxidation sites excluding steroid dienone is 3. The fraction of sp³-hybridized carbons (Fsp3) is 0.464. The zero-order chi connectivity index (χ0) is 25.0. The SMILES string of the molecule is CCN1C(=O)c2nc(-c3ccccc3)n(CC3=CC=C(OC(C)=O)[C@H]3C)c2N2CC3(CCCC3)NC12. The van der Waals surface area contributed by atoms with Gasteiger partial charge in [0.15, 0.2) is 12.0 Å². The molecule has 0 radical (unpaired) electrons. The Kier molecular flexibility index (Phi) is 5.52. The summed E-state index contributed by atoms with van der Waals surface area (Å²) in [6.45, 7) is 7.55. The number of carbonyl (C=O) groups is 2. The van der Waals surface area contributed by atoms with Crippen LogP contribution in [0.5, 0.6) is 0 Å². The van der Waals surface area contributed by atoms with E-state index in [0.717, 1.165) is 42.2 Å². The molecule has 8 heteroatoms. The smallest absolute Gasteiger partial charge is 0.307 e. The number of esters is 1. The normalized spacial score (nSPS) is 24.1. The molecule has 2 aliphatic heterocycles. The van der Waals surface area contributed by atoms with Crippen LogP contribution in [-0.4, -0.2) is 51.2 Å². The molecule has 2 fully saturated rings. The zero-order valence-electron chi connectivity index (χ0n) is 21.2. The van der Waals surface area contributed by atoms with Crippen LogP contribution in [0.4, 0.5) is 5.82 Å². The Morgan fingerprint density at radius 3 is 2.64 bits per heavy atom. The fourth-order valence-electron chi connectivity index (χ4n) is 6.32. The average Bonchev–Trinajstić information content (AvgIpc) is 3.64. The first-order valence-corrected chi connectivity index (χ1v) is 13.0. The van der Waals surface area contributed by atoms with E-state index in [-0.39, 0.29) is 29.6 Å². The minimum atomic E-state index is -0.314. The summed E-state index contributed by atoms with van der Waals surface area (Å²) in [6.07, 6.45) is 8.41. The molecule has 1 aromatic heterocycles. The lowest BCUT2D eigenvalue weighted by Crippen LogP contribution is -2.58. The molecule has 1 saturated heterocycles. The Labute approximate surface area is 211 Å². The molecule has 6 rings (SSSR count). The van der Waals surface area contributed by atoms with E-state index < -0.39 is 0 Å². The molecule has 8 nitrogen and oxygen atoms in total. The molecule has 2 atom stereocenters. The van der Waals surface area contributed by atoms with E-state index >= 15 is 0 Å². The molecule has 1 unspecified atom stereocenters. The van der Waals surface area contributed by atoms with Crippen molar-refractivity contribution in [2.45, 2.75) is 64.8 Å². The van der Waals surface area contributed by atoms with Gasteiger partial charge in [0.2, 0.25) is 0 Å². The van der Waals surface area contributed by atoms with Gasteiger partial charge in [0.25, 0.3) is 5.91 Å². The van der Waals surface area contributed by atoms with E-state index in [1.165, 1.54) is 19.8 Å². The molecular formula is C28H33N5O3. The van der Waals surface area contributed by atoms with Crippen molar-refractivity contribution in [1.29, 1.82) is 0 Å². The summed E-state index contributed by atoms with van der Waals surface area (Å²) in [7, 11) is 0. The largest absolute Gasteiger partial charge is 0.431 e. The number of rotatable bonds is 5. The van der Waals surface area contributed by atoms with Gasteiger partial charge in [-0.2, -0.15) is 0 Å². The number of nitrogens with zero attached hydrogens (tertiary/aromatic N) is 4. The summed E-state index contributed by atoms with van der Waals surface area (Å²) >= 11 is 0. The second-order valence-corrected chi connectivity index (χ2v) is 10.4. The van der Waals surface area contributed by atoms with Crippen molar-refractivity contribution in [1.82, 2.24) is 19.8 Å². The van der Waals surface area contributed by atoms with Gasteiger partial charge in [-0.25, -0.2) is 4.98 Å². The third kappa shape index (κ3) is 3.58. The number of hydrogen-bond acceptors (Lipinski definition) is 6. The lowest BCUT2D eigenvalue weighted by atomic mass is 9.99. The molecular weight excluding hydrogens is 454 g/mol. The molecule has 36 heavy (non-hydrogen) atoms. The molecule has 1 saturated carbocycles. The lowest BCUT2D eigenvalue weighted by Gasteiger charge is -2.39. The van der Waals surface area contributed by atoms with Crippen LogP contribution in [0.2, 0.25) is 0 Å². The van der Waals surface area contributed by atoms with Crippen LogP contribution in [0, 0.1) is 5.92 Å². The number of aromatic nitrogens is 2. The average molecular weight is 488 g/mol. The van der Waals surface area contributed by atoms with Gasteiger partial charge in [0.1, 0.15) is 17.4 Å². The number of anilines is 1. The van der Waals surface area contributed by atoms with E-state index in [1.54, 1.807) is 0 Å². The summed E-state index contributed by atoms with van der Waals surface area (Å²) in [5.74, 6) is 1.96. The van der Waals surface area contributed by atoms with Crippen molar-refractivity contribution >= 4 is 17.7 Å². The van der Waals surface area contributed by atoms with E-state index in [4.69, 9.17) is 9.72 Å². The molecule has 1 aromatic carbocycles. The number of imidazole rings is 1. The van der Waals surface area contributed by atoms with Gasteiger partial charge in [-0.15, -0.1) is 0 Å². The lowest BCUT2D eigenvalue weighted by molar-refractivity contribution is -0.137. The third-order valence-corrected chi connectivity index (χ3v) is 8.16. The highest BCUT2D eigenvalue weighted by Crippen LogP contribution is 2.44. The summed E-state index contributed by atoms with van der Waals surface area (Å²) in [5, 5.41) is 3.86. The number of benzene rings is 1. The quantitative estimate of drug-likeness (QED) is 0.641. The van der Waals surface area contributed by atoms with E-state index in [0.29, 0.717) is 24.5 Å². The number of ether oxygens (including phenoxy) is 1. The second kappa shape index (κ2) is 8.62. The number of amides is 1.